The third-order valence-electron chi connectivity index (χ3n) is 5.03. The molecule has 0 aliphatic rings. The van der Waals surface area contributed by atoms with E-state index in [1.165, 1.54) is 4.68 Å². The molecule has 30 heavy (non-hydrogen) atoms. The molecule has 0 aliphatic carbocycles. The van der Waals surface area contributed by atoms with Gasteiger partial charge in [0.25, 0.3) is 11.5 Å². The molecular formula is C25H17N3O2. The van der Waals surface area contributed by atoms with Gasteiger partial charge in [-0.15, -0.1) is 0 Å². The lowest BCUT2D eigenvalue weighted by Gasteiger charge is -2.12. The van der Waals surface area contributed by atoms with Gasteiger partial charge < -0.3 is 5.32 Å². The first-order chi connectivity index (χ1) is 14.7. The molecule has 0 saturated heterocycles. The van der Waals surface area contributed by atoms with E-state index in [-0.39, 0.29) is 17.2 Å². The number of amides is 1. The van der Waals surface area contributed by atoms with Crippen molar-refractivity contribution in [1.82, 2.24) is 9.78 Å². The number of fused-ring (bicyclic) bond motifs is 2. The van der Waals surface area contributed by atoms with Crippen molar-refractivity contribution in [1.29, 1.82) is 0 Å². The minimum atomic E-state index is -0.369. The van der Waals surface area contributed by atoms with Crippen LogP contribution in [0.4, 0.5) is 5.69 Å². The zero-order valence-corrected chi connectivity index (χ0v) is 15.9. The van der Waals surface area contributed by atoms with E-state index in [9.17, 15) is 9.59 Å². The number of hydrogen-bond acceptors (Lipinski definition) is 3. The molecule has 5 aromatic rings. The summed E-state index contributed by atoms with van der Waals surface area (Å²) in [7, 11) is 0. The minimum Gasteiger partial charge on any atom is -0.321 e. The number of carbonyl (C=O) groups is 1. The van der Waals surface area contributed by atoms with Gasteiger partial charge in [-0.3, -0.25) is 9.59 Å². The number of benzene rings is 4. The van der Waals surface area contributed by atoms with Gasteiger partial charge in [-0.1, -0.05) is 66.7 Å². The molecule has 5 rings (SSSR count). The summed E-state index contributed by atoms with van der Waals surface area (Å²) in [6.07, 6.45) is 0. The van der Waals surface area contributed by atoms with Crippen molar-refractivity contribution in [2.45, 2.75) is 0 Å². The number of nitrogens with zero attached hydrogens (tertiary/aromatic N) is 2. The van der Waals surface area contributed by atoms with Gasteiger partial charge in [0.2, 0.25) is 0 Å². The number of aromatic nitrogens is 2. The molecule has 1 heterocycles. The zero-order chi connectivity index (χ0) is 20.5. The average molecular weight is 391 g/mol. The molecule has 4 aromatic carbocycles. The average Bonchev–Trinajstić information content (AvgIpc) is 2.80. The maximum Gasteiger partial charge on any atom is 0.279 e. The molecule has 0 radical (unpaired) electrons. The standard InChI is InChI=1S/C25H17N3O2/c29-24(26-19-15-14-17-8-4-5-9-18(17)16-19)23-21-12-6-7-13-22(21)25(30)28(27-23)20-10-2-1-3-11-20/h1-16H,(H,26,29). The van der Waals surface area contributed by atoms with Crippen molar-refractivity contribution in [3.8, 4) is 5.69 Å². The van der Waals surface area contributed by atoms with Crippen LogP contribution in [0.25, 0.3) is 27.2 Å². The fourth-order valence-electron chi connectivity index (χ4n) is 3.56. The Morgan fingerprint density at radius 3 is 2.20 bits per heavy atom. The molecule has 0 aliphatic heterocycles. The lowest BCUT2D eigenvalue weighted by atomic mass is 10.1. The number of carbonyl (C=O) groups excluding carboxylic acids is 1. The van der Waals surface area contributed by atoms with Crippen LogP contribution in [-0.4, -0.2) is 15.7 Å². The summed E-state index contributed by atoms with van der Waals surface area (Å²) in [6.45, 7) is 0. The number of para-hydroxylation sites is 1. The zero-order valence-electron chi connectivity index (χ0n) is 15.9. The molecule has 1 amide bonds. The van der Waals surface area contributed by atoms with Gasteiger partial charge in [0, 0.05) is 11.1 Å². The molecule has 0 unspecified atom stereocenters. The van der Waals surface area contributed by atoms with Gasteiger partial charge in [-0.2, -0.15) is 9.78 Å². The summed E-state index contributed by atoms with van der Waals surface area (Å²) in [5, 5.41) is 10.4. The van der Waals surface area contributed by atoms with E-state index in [1.54, 1.807) is 36.4 Å². The van der Waals surface area contributed by atoms with Gasteiger partial charge in [-0.25, -0.2) is 0 Å². The van der Waals surface area contributed by atoms with Crippen molar-refractivity contribution in [2.75, 3.05) is 5.32 Å². The van der Waals surface area contributed by atoms with E-state index in [1.807, 2.05) is 60.7 Å². The van der Waals surface area contributed by atoms with Crippen molar-refractivity contribution in [2.24, 2.45) is 0 Å². The van der Waals surface area contributed by atoms with Crippen LogP contribution >= 0.6 is 0 Å². The van der Waals surface area contributed by atoms with Crippen LogP contribution in [0.1, 0.15) is 10.5 Å². The highest BCUT2D eigenvalue weighted by molar-refractivity contribution is 6.11. The van der Waals surface area contributed by atoms with Crippen LogP contribution in [0.3, 0.4) is 0 Å². The van der Waals surface area contributed by atoms with Crippen molar-refractivity contribution in [3.05, 3.63) is 113 Å². The first-order valence-corrected chi connectivity index (χ1v) is 9.58. The summed E-state index contributed by atoms with van der Waals surface area (Å²) in [6, 6.07) is 29.8. The molecule has 1 aromatic heterocycles. The van der Waals surface area contributed by atoms with Crippen molar-refractivity contribution in [3.63, 3.8) is 0 Å². The highest BCUT2D eigenvalue weighted by Crippen LogP contribution is 2.21. The molecule has 144 valence electrons. The van der Waals surface area contributed by atoms with Gasteiger partial charge in [0.1, 0.15) is 0 Å². The molecule has 1 N–H and O–H groups in total. The van der Waals surface area contributed by atoms with E-state index < -0.39 is 0 Å². The highest BCUT2D eigenvalue weighted by Gasteiger charge is 2.17. The first-order valence-electron chi connectivity index (χ1n) is 9.58. The minimum absolute atomic E-state index is 0.196. The third-order valence-corrected chi connectivity index (χ3v) is 5.03. The molecule has 0 atom stereocenters. The van der Waals surface area contributed by atoms with Crippen LogP contribution in [0.5, 0.6) is 0 Å². The monoisotopic (exact) mass is 391 g/mol. The second kappa shape index (κ2) is 7.29. The molecule has 0 fully saturated rings. The normalized spacial score (nSPS) is 10.9. The lowest BCUT2D eigenvalue weighted by Crippen LogP contribution is -2.26. The Hall–Kier alpha value is -4.25. The van der Waals surface area contributed by atoms with Gasteiger partial charge >= 0.3 is 0 Å². The van der Waals surface area contributed by atoms with Gasteiger partial charge in [0.15, 0.2) is 5.69 Å². The molecular weight excluding hydrogens is 374 g/mol. The maximum atomic E-state index is 13.2. The largest absolute Gasteiger partial charge is 0.321 e. The Balaban J connectivity index is 1.62. The Kier molecular flexibility index (Phi) is 4.33. The summed E-state index contributed by atoms with van der Waals surface area (Å²) in [5.41, 5.74) is 1.20. The number of rotatable bonds is 3. The topological polar surface area (TPSA) is 64.0 Å². The highest BCUT2D eigenvalue weighted by atomic mass is 16.2. The summed E-state index contributed by atoms with van der Waals surface area (Å²) in [5.74, 6) is -0.369. The van der Waals surface area contributed by atoms with E-state index in [0.29, 0.717) is 22.1 Å². The van der Waals surface area contributed by atoms with Crippen LogP contribution < -0.4 is 10.9 Å². The van der Waals surface area contributed by atoms with E-state index in [4.69, 9.17) is 0 Å². The number of nitrogens with one attached hydrogen (secondary N) is 1. The van der Waals surface area contributed by atoms with Crippen molar-refractivity contribution >= 4 is 33.1 Å². The van der Waals surface area contributed by atoms with Gasteiger partial charge in [-0.05, 0) is 41.1 Å². The lowest BCUT2D eigenvalue weighted by molar-refractivity contribution is 0.102. The Labute approximate surface area is 172 Å². The SMILES string of the molecule is O=C(Nc1ccc2ccccc2c1)c1nn(-c2ccccc2)c(=O)c2ccccc12. The Bertz CT molecular complexity index is 1460. The smallest absolute Gasteiger partial charge is 0.279 e. The Morgan fingerprint density at radius 2 is 1.40 bits per heavy atom. The van der Waals surface area contributed by atoms with Crippen LogP contribution in [0.15, 0.2) is 102 Å². The fourth-order valence-corrected chi connectivity index (χ4v) is 3.56. The molecule has 0 spiro atoms. The van der Waals surface area contributed by atoms with E-state index >= 15 is 0 Å². The van der Waals surface area contributed by atoms with Crippen LogP contribution in [0, 0.1) is 0 Å². The van der Waals surface area contributed by atoms with Crippen LogP contribution in [0.2, 0.25) is 0 Å². The fraction of sp³-hybridized carbons (Fsp3) is 0. The summed E-state index contributed by atoms with van der Waals surface area (Å²) in [4.78, 5) is 26.1. The Morgan fingerprint density at radius 1 is 0.733 bits per heavy atom. The predicted molar refractivity (Wildman–Crippen MR) is 119 cm³/mol. The van der Waals surface area contributed by atoms with Gasteiger partial charge in [0.05, 0.1) is 11.1 Å². The quantitative estimate of drug-likeness (QED) is 0.481. The predicted octanol–water partition coefficient (Wildman–Crippen LogP) is 4.79. The molecule has 5 nitrogen and oxygen atoms in total. The van der Waals surface area contributed by atoms with Crippen molar-refractivity contribution < 1.29 is 4.79 Å². The first kappa shape index (κ1) is 17.8. The molecule has 0 bridgehead atoms. The summed E-state index contributed by atoms with van der Waals surface area (Å²) < 4.78 is 1.28. The second-order valence-electron chi connectivity index (χ2n) is 6.96. The second-order valence-corrected chi connectivity index (χ2v) is 6.96. The van der Waals surface area contributed by atoms with Crippen LogP contribution in [-0.2, 0) is 0 Å². The molecule has 0 saturated carbocycles. The van der Waals surface area contributed by atoms with E-state index in [0.717, 1.165) is 10.8 Å². The number of anilines is 1. The summed E-state index contributed by atoms with van der Waals surface area (Å²) >= 11 is 0. The van der Waals surface area contributed by atoms with E-state index in [2.05, 4.69) is 10.4 Å². The molecule has 5 heteroatoms. The third kappa shape index (κ3) is 3.12. The maximum absolute atomic E-state index is 13.2. The number of hydrogen-bond donors (Lipinski definition) is 1.